The van der Waals surface area contributed by atoms with E-state index in [4.69, 9.17) is 11.6 Å². The fraction of sp³-hybridized carbons (Fsp3) is 0.500. The van der Waals surface area contributed by atoms with Crippen molar-refractivity contribution in [2.45, 2.75) is 19.9 Å². The molecule has 1 fully saturated rings. The molecular weight excluding hydrogens is 294 g/mol. The highest BCUT2D eigenvalue weighted by molar-refractivity contribution is 6.32. The maximum atomic E-state index is 11.9. The molecule has 0 aromatic heterocycles. The highest BCUT2D eigenvalue weighted by atomic mass is 35.5. The number of rotatable bonds is 4. The van der Waals surface area contributed by atoms with Crippen molar-refractivity contribution >= 4 is 23.2 Å². The number of hydrogen-bond donors (Lipinski definition) is 1. The van der Waals surface area contributed by atoms with E-state index in [1.165, 1.54) is 6.07 Å². The summed E-state index contributed by atoms with van der Waals surface area (Å²) >= 11 is 5.81. The Morgan fingerprint density at radius 2 is 2.29 bits per heavy atom. The number of amides is 1. The molecule has 0 radical (unpaired) electrons. The van der Waals surface area contributed by atoms with Gasteiger partial charge < -0.3 is 5.32 Å². The molecule has 0 aliphatic carbocycles. The summed E-state index contributed by atoms with van der Waals surface area (Å²) in [5.41, 5.74) is 0.349. The Balaban J connectivity index is 2.09. The number of nitro groups is 1. The number of nitrogens with one attached hydrogen (secondary N) is 1. The molecule has 1 heterocycles. The topological polar surface area (TPSA) is 75.5 Å². The standard InChI is InChI=1S/C14H18ClN3O3/c1-14(13(19)16-2)5-6-17(9-14)8-10-3-4-11(15)12(7-10)18(20)21/h3-4,7H,5-6,8-9H2,1-2H3,(H,16,19). The van der Waals surface area contributed by atoms with E-state index in [9.17, 15) is 14.9 Å². The Morgan fingerprint density at radius 3 is 2.90 bits per heavy atom. The van der Waals surface area contributed by atoms with Gasteiger partial charge in [0.05, 0.1) is 10.3 Å². The number of carbonyl (C=O) groups is 1. The van der Waals surface area contributed by atoms with Gasteiger partial charge in [0.25, 0.3) is 5.69 Å². The molecule has 1 amide bonds. The van der Waals surface area contributed by atoms with Gasteiger partial charge in [-0.3, -0.25) is 19.8 Å². The average molecular weight is 312 g/mol. The number of hydrogen-bond acceptors (Lipinski definition) is 4. The van der Waals surface area contributed by atoms with Crippen LogP contribution in [-0.2, 0) is 11.3 Å². The molecule has 1 unspecified atom stereocenters. The van der Waals surface area contributed by atoms with Crippen molar-refractivity contribution < 1.29 is 9.72 Å². The monoisotopic (exact) mass is 311 g/mol. The van der Waals surface area contributed by atoms with E-state index in [2.05, 4.69) is 10.2 Å². The molecule has 1 aromatic rings. The van der Waals surface area contributed by atoms with Gasteiger partial charge in [-0.05, 0) is 31.5 Å². The molecular formula is C14H18ClN3O3. The third kappa shape index (κ3) is 3.33. The minimum atomic E-state index is -0.482. The molecule has 1 aliphatic rings. The predicted molar refractivity (Wildman–Crippen MR) is 80.2 cm³/mol. The number of carbonyl (C=O) groups excluding carboxylic acids is 1. The van der Waals surface area contributed by atoms with Gasteiger partial charge in [-0.15, -0.1) is 0 Å². The molecule has 0 saturated carbocycles. The Labute approximate surface area is 128 Å². The van der Waals surface area contributed by atoms with Crippen LogP contribution in [0.4, 0.5) is 5.69 Å². The first-order valence-electron chi connectivity index (χ1n) is 6.73. The van der Waals surface area contributed by atoms with Gasteiger partial charge in [0, 0.05) is 26.2 Å². The summed E-state index contributed by atoms with van der Waals surface area (Å²) in [7, 11) is 1.64. The summed E-state index contributed by atoms with van der Waals surface area (Å²) in [5.74, 6) is 0.0343. The van der Waals surface area contributed by atoms with Crippen LogP contribution in [0.5, 0.6) is 0 Å². The first-order valence-corrected chi connectivity index (χ1v) is 7.11. The highest BCUT2D eigenvalue weighted by Crippen LogP contribution is 2.32. The zero-order chi connectivity index (χ0) is 15.6. The van der Waals surface area contributed by atoms with E-state index in [1.54, 1.807) is 19.2 Å². The van der Waals surface area contributed by atoms with Crippen molar-refractivity contribution in [2.75, 3.05) is 20.1 Å². The SMILES string of the molecule is CNC(=O)C1(C)CCN(Cc2ccc(Cl)c([N+](=O)[O-])c2)C1. The van der Waals surface area contributed by atoms with Crippen molar-refractivity contribution in [3.05, 3.63) is 38.9 Å². The first kappa shape index (κ1) is 15.7. The van der Waals surface area contributed by atoms with Gasteiger partial charge in [0.2, 0.25) is 5.91 Å². The second-order valence-corrected chi connectivity index (χ2v) is 6.05. The molecule has 114 valence electrons. The van der Waals surface area contributed by atoms with E-state index in [0.717, 1.165) is 18.5 Å². The second-order valence-electron chi connectivity index (χ2n) is 5.64. The third-order valence-corrected chi connectivity index (χ3v) is 4.26. The molecule has 1 atom stereocenters. The highest BCUT2D eigenvalue weighted by Gasteiger charge is 2.39. The minimum absolute atomic E-state index is 0.0343. The van der Waals surface area contributed by atoms with Gasteiger partial charge in [-0.25, -0.2) is 0 Å². The fourth-order valence-corrected chi connectivity index (χ4v) is 2.92. The summed E-state index contributed by atoms with van der Waals surface area (Å²) in [6.07, 6.45) is 0.780. The molecule has 1 N–H and O–H groups in total. The van der Waals surface area contributed by atoms with Gasteiger partial charge >= 0.3 is 0 Å². The van der Waals surface area contributed by atoms with Gasteiger partial charge in [0.1, 0.15) is 5.02 Å². The smallest absolute Gasteiger partial charge is 0.288 e. The van der Waals surface area contributed by atoms with Crippen LogP contribution in [-0.4, -0.2) is 35.9 Å². The van der Waals surface area contributed by atoms with Crippen LogP contribution in [0.1, 0.15) is 18.9 Å². The maximum Gasteiger partial charge on any atom is 0.288 e. The van der Waals surface area contributed by atoms with Crippen LogP contribution in [0.25, 0.3) is 0 Å². The lowest BCUT2D eigenvalue weighted by atomic mass is 9.89. The lowest BCUT2D eigenvalue weighted by Gasteiger charge is -2.22. The van der Waals surface area contributed by atoms with Crippen molar-refractivity contribution in [3.8, 4) is 0 Å². The molecule has 2 rings (SSSR count). The number of benzene rings is 1. The summed E-state index contributed by atoms with van der Waals surface area (Å²) in [4.78, 5) is 24.4. The molecule has 7 heteroatoms. The zero-order valence-electron chi connectivity index (χ0n) is 12.1. The van der Waals surface area contributed by atoms with Crippen molar-refractivity contribution in [1.82, 2.24) is 10.2 Å². The van der Waals surface area contributed by atoms with Crippen LogP contribution in [0, 0.1) is 15.5 Å². The second kappa shape index (κ2) is 5.99. The number of nitrogens with zero attached hydrogens (tertiary/aromatic N) is 2. The fourth-order valence-electron chi connectivity index (χ4n) is 2.73. The van der Waals surface area contributed by atoms with Crippen molar-refractivity contribution in [2.24, 2.45) is 5.41 Å². The van der Waals surface area contributed by atoms with E-state index in [0.29, 0.717) is 13.1 Å². The first-order chi connectivity index (χ1) is 9.85. The van der Waals surface area contributed by atoms with E-state index in [-0.39, 0.29) is 16.6 Å². The third-order valence-electron chi connectivity index (χ3n) is 3.94. The van der Waals surface area contributed by atoms with E-state index in [1.807, 2.05) is 6.92 Å². The molecule has 1 aliphatic heterocycles. The molecule has 21 heavy (non-hydrogen) atoms. The Hall–Kier alpha value is -1.66. The largest absolute Gasteiger partial charge is 0.359 e. The summed E-state index contributed by atoms with van der Waals surface area (Å²) < 4.78 is 0. The normalized spacial score (nSPS) is 22.2. The van der Waals surface area contributed by atoms with Crippen molar-refractivity contribution in [3.63, 3.8) is 0 Å². The summed E-state index contributed by atoms with van der Waals surface area (Å²) in [5, 5.41) is 13.7. The number of halogens is 1. The average Bonchev–Trinajstić information content (AvgIpc) is 2.82. The number of nitro benzene ring substituents is 1. The van der Waals surface area contributed by atoms with Crippen molar-refractivity contribution in [1.29, 1.82) is 0 Å². The van der Waals surface area contributed by atoms with E-state index < -0.39 is 10.3 Å². The minimum Gasteiger partial charge on any atom is -0.359 e. The Morgan fingerprint density at radius 1 is 1.57 bits per heavy atom. The lowest BCUT2D eigenvalue weighted by molar-refractivity contribution is -0.384. The number of likely N-dealkylation sites (tertiary alicyclic amines) is 1. The zero-order valence-corrected chi connectivity index (χ0v) is 12.8. The molecule has 6 nitrogen and oxygen atoms in total. The summed E-state index contributed by atoms with van der Waals surface area (Å²) in [6, 6.07) is 4.83. The van der Waals surface area contributed by atoms with Crippen LogP contribution < -0.4 is 5.32 Å². The van der Waals surface area contributed by atoms with Gasteiger partial charge in [-0.1, -0.05) is 17.7 Å². The maximum absolute atomic E-state index is 11.9. The molecule has 0 bridgehead atoms. The molecule has 0 spiro atoms. The van der Waals surface area contributed by atoms with Crippen LogP contribution in [0.3, 0.4) is 0 Å². The van der Waals surface area contributed by atoms with Gasteiger partial charge in [-0.2, -0.15) is 0 Å². The van der Waals surface area contributed by atoms with E-state index >= 15 is 0 Å². The van der Waals surface area contributed by atoms with Crippen LogP contribution in [0.15, 0.2) is 18.2 Å². The van der Waals surface area contributed by atoms with Crippen LogP contribution >= 0.6 is 11.6 Å². The molecule has 1 saturated heterocycles. The predicted octanol–water partition coefficient (Wildman–Crippen LogP) is 2.21. The quantitative estimate of drug-likeness (QED) is 0.683. The molecule has 1 aromatic carbocycles. The Bertz CT molecular complexity index is 579. The van der Waals surface area contributed by atoms with Gasteiger partial charge in [0.15, 0.2) is 0 Å². The summed E-state index contributed by atoms with van der Waals surface area (Å²) in [6.45, 7) is 3.95. The van der Waals surface area contributed by atoms with Crippen LogP contribution in [0.2, 0.25) is 5.02 Å². The Kier molecular flexibility index (Phi) is 4.49. The lowest BCUT2D eigenvalue weighted by Crippen LogP contribution is -2.39.